The molecule has 7 amide bonds. The second-order valence-electron chi connectivity index (χ2n) is 26.4. The van der Waals surface area contributed by atoms with Gasteiger partial charge in [0.15, 0.2) is 41.4 Å². The minimum absolute atomic E-state index is 0.106. The first-order valence-corrected chi connectivity index (χ1v) is 34.6. The number of amides is 7. The summed E-state index contributed by atoms with van der Waals surface area (Å²) < 4.78 is 38.6. The number of aliphatic carboxylic acids is 1. The number of para-hydroxylation sites is 1. The quantitative estimate of drug-likeness (QED) is 0.0930. The third kappa shape index (κ3) is 15.3. The number of aromatic hydroxyl groups is 6. The number of nitrogens with one attached hydrogen (secondary N) is 7. The first-order valence-electron chi connectivity index (χ1n) is 33.9. The topological polar surface area (TPSA) is 509 Å². The molecular weight excluding hydrogens is 1500 g/mol. The molecule has 17 bridgehead atoms. The maximum Gasteiger partial charge on any atom is 0.330 e. The van der Waals surface area contributed by atoms with Crippen molar-refractivity contribution in [2.75, 3.05) is 6.61 Å². The number of benzene rings is 8. The third-order valence-corrected chi connectivity index (χ3v) is 19.4. The van der Waals surface area contributed by atoms with Crippen molar-refractivity contribution in [3.63, 3.8) is 0 Å². The summed E-state index contributed by atoms with van der Waals surface area (Å²) >= 11 is 14.2. The lowest BCUT2D eigenvalue weighted by atomic mass is 9.89. The lowest BCUT2D eigenvalue weighted by Crippen LogP contribution is -2.65. The Morgan fingerprint density at radius 3 is 1.91 bits per heavy atom. The molecule has 34 nitrogen and oxygen atoms in total. The van der Waals surface area contributed by atoms with Crippen LogP contribution in [0.1, 0.15) is 87.9 Å². The molecule has 17 N–H and O–H groups in total. The van der Waals surface area contributed by atoms with Crippen molar-refractivity contribution in [1.29, 1.82) is 0 Å². The van der Waals surface area contributed by atoms with E-state index in [2.05, 4.69) is 47.5 Å². The number of carbonyl (C=O) groups excluding carboxylic acids is 7. The van der Waals surface area contributed by atoms with Crippen LogP contribution in [0.3, 0.4) is 0 Å². The predicted octanol–water partition coefficient (Wildman–Crippen LogP) is 4.71. The number of halogens is 2. The number of phenolic OH excluding ortho intramolecular Hbond substituents is 6. The number of aliphatic hydroxyl groups is 3. The molecule has 0 saturated carbocycles. The molecule has 1 fully saturated rings. The fraction of sp³-hybridized carbons (Fsp3) is 0.227. The number of nitrogens with zero attached hydrogens (tertiary/aromatic N) is 3. The Morgan fingerprint density at radius 1 is 0.595 bits per heavy atom. The van der Waals surface area contributed by atoms with Crippen molar-refractivity contribution < 1.29 is 118 Å². The Kier molecular flexibility index (Phi) is 20.6. The van der Waals surface area contributed by atoms with Crippen molar-refractivity contribution in [2.24, 2.45) is 0 Å². The minimum Gasteiger partial charge on any atom is -0.508 e. The second kappa shape index (κ2) is 30.6. The lowest BCUT2D eigenvalue weighted by molar-refractivity contribution is -0.284. The van der Waals surface area contributed by atoms with Gasteiger partial charge in [0.1, 0.15) is 119 Å². The summed E-state index contributed by atoms with van der Waals surface area (Å²) in [6, 6.07) is 13.6. The SMILES string of the molecule is CC(=O)N[C@H]1[C@H](O[C@@H]2c3ccc(c(Cl)c3)Oc3cc4cc(c3O)Oc3ccc(cc3Cl)C[C@H]3NC(=O)[C@H](n5cc(COc6ccccc6)nn5)c5ccc(O)c(c5)Oc5cc(O)cc(c5)[C@H](NC3=O)C(=O)N[C@H]4C(=O)N[C@H]3C(=O)N[C@@H]2C(=O)N[C@@H](C(=O)O)c2cc(O)cc(O)c2-c2cc3ccc2O)O[C@H](CO)[C@@H](O)[C@@H]1O. The van der Waals surface area contributed by atoms with Crippen LogP contribution in [0.15, 0.2) is 152 Å². The van der Waals surface area contributed by atoms with E-state index in [9.17, 15) is 60.7 Å². The molecule has 572 valence electrons. The van der Waals surface area contributed by atoms with Crippen LogP contribution in [-0.2, 0) is 60.9 Å². The van der Waals surface area contributed by atoms with Gasteiger partial charge in [-0.3, -0.25) is 33.6 Å². The van der Waals surface area contributed by atoms with E-state index in [-0.39, 0.29) is 68.1 Å². The molecule has 8 aromatic carbocycles. The van der Waals surface area contributed by atoms with Crippen molar-refractivity contribution in [3.8, 4) is 85.9 Å². The molecule has 1 aromatic heterocycles. The maximum atomic E-state index is 16.3. The Labute approximate surface area is 635 Å². The smallest absolute Gasteiger partial charge is 0.330 e. The highest BCUT2D eigenvalue weighted by Gasteiger charge is 2.49. The van der Waals surface area contributed by atoms with E-state index in [0.29, 0.717) is 5.75 Å². The van der Waals surface area contributed by atoms with E-state index in [4.69, 9.17) is 51.6 Å². The molecule has 16 rings (SSSR count). The van der Waals surface area contributed by atoms with Crippen LogP contribution in [0.5, 0.6) is 74.7 Å². The predicted molar refractivity (Wildman–Crippen MR) is 381 cm³/mol. The molecule has 36 heteroatoms. The number of ether oxygens (including phenoxy) is 6. The number of hydrogen-bond acceptors (Lipinski definition) is 25. The highest BCUT2D eigenvalue weighted by atomic mass is 35.5. The summed E-state index contributed by atoms with van der Waals surface area (Å²) in [5.74, 6) is -16.8. The number of carbonyl (C=O) groups is 8. The molecule has 9 aromatic rings. The second-order valence-corrected chi connectivity index (χ2v) is 27.2. The van der Waals surface area contributed by atoms with Crippen molar-refractivity contribution in [3.05, 3.63) is 206 Å². The van der Waals surface area contributed by atoms with E-state index in [0.717, 1.165) is 78.3 Å². The van der Waals surface area contributed by atoms with Gasteiger partial charge < -0.3 is 117 Å². The van der Waals surface area contributed by atoms with Crippen LogP contribution in [-0.4, -0.2) is 163 Å². The van der Waals surface area contributed by atoms with Gasteiger partial charge in [-0.2, -0.15) is 0 Å². The average Bonchev–Trinajstić information content (AvgIpc) is 1.27. The molecule has 7 aliphatic rings. The molecule has 0 spiro atoms. The summed E-state index contributed by atoms with van der Waals surface area (Å²) in [7, 11) is 0. The van der Waals surface area contributed by atoms with Crippen molar-refractivity contribution >= 4 is 70.5 Å². The molecule has 0 aliphatic carbocycles. The lowest BCUT2D eigenvalue weighted by Gasteiger charge is -2.44. The molecule has 0 radical (unpaired) electrons. The zero-order chi connectivity index (χ0) is 78.5. The molecule has 7 aliphatic heterocycles. The zero-order valence-corrected chi connectivity index (χ0v) is 58.9. The van der Waals surface area contributed by atoms with Crippen LogP contribution in [0.4, 0.5) is 0 Å². The number of aliphatic hydroxyl groups excluding tert-OH is 3. The van der Waals surface area contributed by atoms with E-state index < -0.39 is 213 Å². The molecule has 1 saturated heterocycles. The highest BCUT2D eigenvalue weighted by Crippen LogP contribution is 2.49. The van der Waals surface area contributed by atoms with Crippen LogP contribution in [0, 0.1) is 0 Å². The normalized spacial score (nSPS) is 23.7. The summed E-state index contributed by atoms with van der Waals surface area (Å²) in [4.78, 5) is 122. The third-order valence-electron chi connectivity index (χ3n) is 18.8. The monoisotopic (exact) mass is 1560 g/mol. The fourth-order valence-electron chi connectivity index (χ4n) is 13.5. The van der Waals surface area contributed by atoms with Gasteiger partial charge >= 0.3 is 5.97 Å². The molecule has 0 unspecified atom stereocenters. The average molecular weight is 1560 g/mol. The van der Waals surface area contributed by atoms with Gasteiger partial charge in [0, 0.05) is 42.2 Å². The first-order chi connectivity index (χ1) is 53.1. The van der Waals surface area contributed by atoms with Gasteiger partial charge in [-0.1, -0.05) is 70.9 Å². The van der Waals surface area contributed by atoms with E-state index in [1.807, 2.05) is 0 Å². The maximum absolute atomic E-state index is 16.3. The molecule has 13 atom stereocenters. The first kappa shape index (κ1) is 74.9. The van der Waals surface area contributed by atoms with E-state index >= 15 is 28.8 Å². The standard InChI is InChI=1S/C75H64Cl2N10O24/c1-30(89)78-61-66(97)65(96)55(28-88)110-75(61)111-67-34-10-14-51(45(77)20-34)109-54-23-36-22-53(64(54)95)108-50-13-7-31(15-44(50)76)16-46-68(98)80-58(35-17-38(90)24-41(18-35)107-52-21-33(9-12-48(52)93)63(73(103)79-46)87-27-37(85-86-87)29-106-40-5-3-2-4-6-40)70(100)82-59(36)71(101)81-57-32-8-11-47(92)42(19-32)56-43(25-39(91)26-49(56)94)60(74(104)105)83-72(102)62(67)84-69(57)99/h2-15,17-27,46,55,57-63,65-67,75,88,90-97H,16,28-29H2,1H3,(H,78,89)(H,79,103)(H,80,98)(H,81,101)(H,82,100)(H,83,102)(H,84,99)(H,104,105)/t46-,55-,57-,58+,59-,60-,61-,62+,63-,65-,66-,67-,75+/m1/s1. The summed E-state index contributed by atoms with van der Waals surface area (Å²) in [6.07, 6.45) is -8.91. The van der Waals surface area contributed by atoms with Gasteiger partial charge in [0.25, 0.3) is 0 Å². The Hall–Kier alpha value is -13.0. The van der Waals surface area contributed by atoms with Crippen LogP contribution in [0.2, 0.25) is 10.0 Å². The van der Waals surface area contributed by atoms with E-state index in [1.54, 1.807) is 30.3 Å². The minimum atomic E-state index is -2.40. The van der Waals surface area contributed by atoms with E-state index in [1.165, 1.54) is 54.7 Å². The number of fused-ring (bicyclic) bond motifs is 14. The van der Waals surface area contributed by atoms with Crippen LogP contribution in [0.25, 0.3) is 11.1 Å². The summed E-state index contributed by atoms with van der Waals surface area (Å²) in [5, 5.41) is 140. The summed E-state index contributed by atoms with van der Waals surface area (Å²) in [5.41, 5.74) is -2.46. The fourth-order valence-corrected chi connectivity index (χ4v) is 14.0. The van der Waals surface area contributed by atoms with Crippen molar-refractivity contribution in [2.45, 2.75) is 99.0 Å². The molecule has 111 heavy (non-hydrogen) atoms. The Morgan fingerprint density at radius 2 is 1.23 bits per heavy atom. The molecule has 8 heterocycles. The summed E-state index contributed by atoms with van der Waals surface area (Å²) in [6.45, 7) is -0.113. The number of carboxylic acids is 1. The Balaban J connectivity index is 0.954. The highest BCUT2D eigenvalue weighted by molar-refractivity contribution is 6.32. The largest absolute Gasteiger partial charge is 0.508 e. The number of rotatable bonds is 9. The van der Waals surface area contributed by atoms with Crippen LogP contribution >= 0.6 is 23.2 Å². The number of hydrogen-bond donors (Lipinski definition) is 17. The zero-order valence-electron chi connectivity index (χ0n) is 57.3. The van der Waals surface area contributed by atoms with Gasteiger partial charge in [-0.05, 0) is 124 Å². The van der Waals surface area contributed by atoms with Crippen molar-refractivity contribution in [1.82, 2.24) is 52.2 Å². The van der Waals surface area contributed by atoms with Gasteiger partial charge in [0.2, 0.25) is 47.1 Å². The molecular formula is C75H64Cl2N10O24. The number of carboxylic acid groups (broad SMARTS) is 1. The van der Waals surface area contributed by atoms with Crippen LogP contribution < -0.4 is 56.2 Å². The van der Waals surface area contributed by atoms with Gasteiger partial charge in [-0.15, -0.1) is 5.10 Å². The Bertz CT molecular complexity index is 5270. The van der Waals surface area contributed by atoms with Gasteiger partial charge in [0.05, 0.1) is 22.8 Å². The van der Waals surface area contributed by atoms with Gasteiger partial charge in [-0.25, -0.2) is 9.48 Å². The number of aromatic nitrogens is 3. The number of phenols is 6.